The lowest BCUT2D eigenvalue weighted by atomic mass is 10.1. The molecule has 1 aromatic rings. The molecule has 0 radical (unpaired) electrons. The van der Waals surface area contributed by atoms with Gasteiger partial charge in [0.15, 0.2) is 5.54 Å². The number of aliphatic imine (C=N–C) groups is 1. The fraction of sp³-hybridized carbons (Fsp3) is 0.619. The van der Waals surface area contributed by atoms with E-state index in [0.29, 0.717) is 61.8 Å². The van der Waals surface area contributed by atoms with Crippen LogP contribution in [0.3, 0.4) is 0 Å². The van der Waals surface area contributed by atoms with E-state index < -0.39 is 5.54 Å². The van der Waals surface area contributed by atoms with Gasteiger partial charge in [-0.05, 0) is 39.0 Å². The summed E-state index contributed by atoms with van der Waals surface area (Å²) in [4.78, 5) is 16.9. The molecule has 1 atom stereocenters. The van der Waals surface area contributed by atoms with Gasteiger partial charge in [0, 0.05) is 12.9 Å². The molecule has 0 unspecified atom stereocenters. The van der Waals surface area contributed by atoms with Gasteiger partial charge in [-0.1, -0.05) is 0 Å². The van der Waals surface area contributed by atoms with Crippen LogP contribution in [0.4, 0.5) is 0 Å². The van der Waals surface area contributed by atoms with Crippen LogP contribution in [0.1, 0.15) is 26.3 Å². The molecular formula is C21H31NO7S. The van der Waals surface area contributed by atoms with Gasteiger partial charge < -0.3 is 28.8 Å². The lowest BCUT2D eigenvalue weighted by Gasteiger charge is -2.19. The molecule has 0 aliphatic carbocycles. The van der Waals surface area contributed by atoms with E-state index in [1.807, 2.05) is 0 Å². The molecule has 9 heteroatoms. The minimum atomic E-state index is -0.966. The van der Waals surface area contributed by atoms with Crippen LogP contribution in [0.2, 0.25) is 0 Å². The van der Waals surface area contributed by atoms with Crippen LogP contribution >= 0.6 is 11.8 Å². The van der Waals surface area contributed by atoms with Crippen molar-refractivity contribution in [3.8, 4) is 11.5 Å². The normalized spacial score (nSPS) is 18.5. The third-order valence-corrected chi connectivity index (χ3v) is 5.41. The highest BCUT2D eigenvalue weighted by Crippen LogP contribution is 2.36. The molecule has 0 saturated heterocycles. The highest BCUT2D eigenvalue weighted by Gasteiger charge is 2.41. The molecule has 0 saturated carbocycles. The Hall–Kier alpha value is -1.81. The Kier molecular flexibility index (Phi) is 9.90. The van der Waals surface area contributed by atoms with Gasteiger partial charge in [-0.2, -0.15) is 0 Å². The fourth-order valence-electron chi connectivity index (χ4n) is 2.54. The monoisotopic (exact) mass is 441 g/mol. The molecule has 8 nitrogen and oxygen atoms in total. The standard InChI is InChI=1S/C21H31NO7S/c1-15(2)29-20(24)21(3)14-30-19(22-21)17-13-16(5-6-18(17)23)28-12-11-27-10-9-26-8-7-25-4/h5-6,13,15,23H,7-12,14H2,1-4H3/t21-/m1/s1. The van der Waals surface area contributed by atoms with E-state index in [1.165, 1.54) is 11.8 Å². The average molecular weight is 442 g/mol. The van der Waals surface area contributed by atoms with E-state index in [0.717, 1.165) is 0 Å². The lowest BCUT2D eigenvalue weighted by molar-refractivity contribution is -0.152. The van der Waals surface area contributed by atoms with Gasteiger partial charge in [0.05, 0.1) is 44.7 Å². The van der Waals surface area contributed by atoms with E-state index in [1.54, 1.807) is 46.1 Å². The maximum absolute atomic E-state index is 12.3. The van der Waals surface area contributed by atoms with E-state index >= 15 is 0 Å². The first kappa shape index (κ1) is 24.5. The SMILES string of the molecule is COCCOCCOCCOc1ccc(O)c(C2=N[C@@](C)(C(=O)OC(C)C)CS2)c1. The van der Waals surface area contributed by atoms with E-state index in [-0.39, 0.29) is 17.8 Å². The van der Waals surface area contributed by atoms with Gasteiger partial charge >= 0.3 is 5.97 Å². The van der Waals surface area contributed by atoms with E-state index in [9.17, 15) is 9.90 Å². The largest absolute Gasteiger partial charge is 0.507 e. The Bertz CT molecular complexity index is 725. The third-order valence-electron chi connectivity index (χ3n) is 4.12. The number of esters is 1. The maximum Gasteiger partial charge on any atom is 0.334 e. The highest BCUT2D eigenvalue weighted by atomic mass is 32.2. The molecule has 1 aliphatic rings. The molecule has 0 aromatic heterocycles. The molecule has 0 bridgehead atoms. The first-order chi connectivity index (χ1) is 14.4. The zero-order valence-corrected chi connectivity index (χ0v) is 18.8. The summed E-state index contributed by atoms with van der Waals surface area (Å²) in [7, 11) is 1.63. The molecule has 0 amide bonds. The Morgan fingerprint density at radius 1 is 1.17 bits per heavy atom. The average Bonchev–Trinajstić information content (AvgIpc) is 3.11. The van der Waals surface area contributed by atoms with Crippen LogP contribution in [-0.4, -0.2) is 80.3 Å². The van der Waals surface area contributed by atoms with Crippen LogP contribution in [-0.2, 0) is 23.7 Å². The second kappa shape index (κ2) is 12.1. The fourth-order valence-corrected chi connectivity index (χ4v) is 3.73. The van der Waals surface area contributed by atoms with E-state index in [2.05, 4.69) is 4.99 Å². The number of nitrogens with zero attached hydrogens (tertiary/aromatic N) is 1. The second-order valence-electron chi connectivity index (χ2n) is 7.18. The number of methoxy groups -OCH3 is 1. The molecule has 0 spiro atoms. The number of ether oxygens (including phenoxy) is 5. The van der Waals surface area contributed by atoms with Crippen molar-refractivity contribution in [3.05, 3.63) is 23.8 Å². The van der Waals surface area contributed by atoms with Gasteiger partial charge in [-0.3, -0.25) is 4.99 Å². The topological polar surface area (TPSA) is 95.8 Å². The van der Waals surface area contributed by atoms with Crippen molar-refractivity contribution in [2.45, 2.75) is 32.4 Å². The minimum Gasteiger partial charge on any atom is -0.507 e. The molecule has 1 aromatic carbocycles. The number of carbonyl (C=O) groups excluding carboxylic acids is 1. The zero-order chi connectivity index (χ0) is 22.0. The molecule has 168 valence electrons. The molecule has 30 heavy (non-hydrogen) atoms. The molecule has 1 heterocycles. The number of thioether (sulfide) groups is 1. The number of phenolic OH excluding ortho intramolecular Hbond substituents is 1. The van der Waals surface area contributed by atoms with Gasteiger partial charge in [0.25, 0.3) is 0 Å². The first-order valence-electron chi connectivity index (χ1n) is 9.90. The number of hydrogen-bond donors (Lipinski definition) is 1. The van der Waals surface area contributed by atoms with Crippen molar-refractivity contribution in [2.75, 3.05) is 52.5 Å². The van der Waals surface area contributed by atoms with Crippen LogP contribution in [0, 0.1) is 0 Å². The minimum absolute atomic E-state index is 0.0829. The predicted octanol–water partition coefficient (Wildman–Crippen LogP) is 2.65. The highest BCUT2D eigenvalue weighted by molar-refractivity contribution is 8.14. The van der Waals surface area contributed by atoms with Crippen LogP contribution < -0.4 is 4.74 Å². The van der Waals surface area contributed by atoms with Crippen LogP contribution in [0.15, 0.2) is 23.2 Å². The van der Waals surface area contributed by atoms with Crippen LogP contribution in [0.5, 0.6) is 11.5 Å². The molecule has 2 rings (SSSR count). The van der Waals surface area contributed by atoms with Gasteiger partial charge in [-0.15, -0.1) is 11.8 Å². The number of rotatable bonds is 13. The third kappa shape index (κ3) is 7.46. The summed E-state index contributed by atoms with van der Waals surface area (Å²) in [6.07, 6.45) is -0.206. The molecular weight excluding hydrogens is 410 g/mol. The first-order valence-corrected chi connectivity index (χ1v) is 10.9. The van der Waals surface area contributed by atoms with Crippen molar-refractivity contribution in [1.29, 1.82) is 0 Å². The predicted molar refractivity (Wildman–Crippen MR) is 116 cm³/mol. The molecule has 1 N–H and O–H groups in total. The Morgan fingerprint density at radius 3 is 2.50 bits per heavy atom. The molecule has 1 aliphatic heterocycles. The van der Waals surface area contributed by atoms with Gasteiger partial charge in [-0.25, -0.2) is 4.79 Å². The van der Waals surface area contributed by atoms with Crippen molar-refractivity contribution < 1.29 is 33.6 Å². The number of benzene rings is 1. The summed E-state index contributed by atoms with van der Waals surface area (Å²) in [6, 6.07) is 4.95. The number of aromatic hydroxyl groups is 1. The summed E-state index contributed by atoms with van der Waals surface area (Å²) in [5.74, 6) is 0.762. The summed E-state index contributed by atoms with van der Waals surface area (Å²) < 4.78 is 26.7. The number of phenols is 1. The Balaban J connectivity index is 1.87. The maximum atomic E-state index is 12.3. The Morgan fingerprint density at radius 2 is 1.83 bits per heavy atom. The van der Waals surface area contributed by atoms with Gasteiger partial charge in [0.2, 0.25) is 0 Å². The second-order valence-corrected chi connectivity index (χ2v) is 8.14. The molecule has 0 fully saturated rings. The van der Waals surface area contributed by atoms with Crippen molar-refractivity contribution in [2.24, 2.45) is 4.99 Å². The van der Waals surface area contributed by atoms with Crippen molar-refractivity contribution in [3.63, 3.8) is 0 Å². The number of carbonyl (C=O) groups is 1. The van der Waals surface area contributed by atoms with Crippen molar-refractivity contribution in [1.82, 2.24) is 0 Å². The summed E-state index contributed by atoms with van der Waals surface area (Å²) in [5.41, 5.74) is -0.432. The number of hydrogen-bond acceptors (Lipinski definition) is 9. The quantitative estimate of drug-likeness (QED) is 0.369. The summed E-state index contributed by atoms with van der Waals surface area (Å²) in [5, 5.41) is 10.9. The summed E-state index contributed by atoms with van der Waals surface area (Å²) in [6.45, 7) is 8.22. The van der Waals surface area contributed by atoms with Crippen LogP contribution in [0.25, 0.3) is 0 Å². The summed E-state index contributed by atoms with van der Waals surface area (Å²) >= 11 is 1.41. The Labute approximate surface area is 181 Å². The van der Waals surface area contributed by atoms with Crippen molar-refractivity contribution >= 4 is 22.8 Å². The lowest BCUT2D eigenvalue weighted by Crippen LogP contribution is -2.37. The van der Waals surface area contributed by atoms with Gasteiger partial charge in [0.1, 0.15) is 23.1 Å². The smallest absolute Gasteiger partial charge is 0.334 e. The zero-order valence-electron chi connectivity index (χ0n) is 18.0. The van der Waals surface area contributed by atoms with E-state index in [4.69, 9.17) is 23.7 Å².